The van der Waals surface area contributed by atoms with Gasteiger partial charge in [0.2, 0.25) is 0 Å². The van der Waals surface area contributed by atoms with Gasteiger partial charge in [0.25, 0.3) is 0 Å². The van der Waals surface area contributed by atoms with Crippen molar-refractivity contribution in [2.45, 2.75) is 44.6 Å². The van der Waals surface area contributed by atoms with E-state index in [1.54, 1.807) is 0 Å². The maximum atomic E-state index is 10.9. The molecular formula is C10H21NO2S. The largest absolute Gasteiger partial charge is 0.328 e. The van der Waals surface area contributed by atoms with Crippen LogP contribution in [0.25, 0.3) is 0 Å². The molecule has 1 atom stereocenters. The highest BCUT2D eigenvalue weighted by Gasteiger charge is 2.18. The highest BCUT2D eigenvalue weighted by atomic mass is 32.2. The molecular weight excluding hydrogens is 198 g/mol. The Labute approximate surface area is 87.0 Å². The first kappa shape index (κ1) is 12.0. The number of sulfone groups is 1. The Morgan fingerprint density at radius 1 is 1.36 bits per heavy atom. The maximum absolute atomic E-state index is 10.9. The van der Waals surface area contributed by atoms with E-state index in [9.17, 15) is 8.42 Å². The fraction of sp³-hybridized carbons (Fsp3) is 1.00. The van der Waals surface area contributed by atoms with Crippen LogP contribution in [0.4, 0.5) is 0 Å². The van der Waals surface area contributed by atoms with Gasteiger partial charge in [-0.1, -0.05) is 25.7 Å². The quantitative estimate of drug-likeness (QED) is 0.759. The monoisotopic (exact) mass is 219 g/mol. The normalized spacial score (nSPS) is 21.3. The Hall–Kier alpha value is -0.0900. The van der Waals surface area contributed by atoms with Crippen LogP contribution in [0.3, 0.4) is 0 Å². The summed E-state index contributed by atoms with van der Waals surface area (Å²) < 4.78 is 21.8. The molecule has 1 rings (SSSR count). The van der Waals surface area contributed by atoms with Crippen LogP contribution in [0.1, 0.15) is 38.5 Å². The van der Waals surface area contributed by atoms with E-state index in [0.717, 1.165) is 12.3 Å². The zero-order valence-corrected chi connectivity index (χ0v) is 9.72. The first-order valence-corrected chi connectivity index (χ1v) is 7.47. The molecule has 2 N–H and O–H groups in total. The third-order valence-electron chi connectivity index (χ3n) is 2.97. The lowest BCUT2D eigenvalue weighted by atomic mass is 9.98. The Morgan fingerprint density at radius 2 is 1.93 bits per heavy atom. The molecule has 0 bridgehead atoms. The van der Waals surface area contributed by atoms with E-state index >= 15 is 0 Å². The standard InChI is InChI=1S/C10H21NO2S/c1-14(12,13)7-6-10(11)8-9-4-2-3-5-9/h9-10H,2-8,11H2,1H3. The van der Waals surface area contributed by atoms with Crippen LogP contribution < -0.4 is 5.73 Å². The average molecular weight is 219 g/mol. The summed E-state index contributed by atoms with van der Waals surface area (Å²) in [5.41, 5.74) is 5.90. The second-order valence-electron chi connectivity index (χ2n) is 4.56. The smallest absolute Gasteiger partial charge is 0.147 e. The van der Waals surface area contributed by atoms with Crippen molar-refractivity contribution in [1.29, 1.82) is 0 Å². The third kappa shape index (κ3) is 4.96. The van der Waals surface area contributed by atoms with Crippen LogP contribution in [-0.4, -0.2) is 26.5 Å². The van der Waals surface area contributed by atoms with Crippen molar-refractivity contribution in [2.24, 2.45) is 11.7 Å². The van der Waals surface area contributed by atoms with Crippen molar-refractivity contribution in [1.82, 2.24) is 0 Å². The Balaban J connectivity index is 2.18. The average Bonchev–Trinajstić information content (AvgIpc) is 2.52. The van der Waals surface area contributed by atoms with E-state index in [2.05, 4.69) is 0 Å². The van der Waals surface area contributed by atoms with E-state index in [4.69, 9.17) is 5.73 Å². The maximum Gasteiger partial charge on any atom is 0.147 e. The molecule has 0 spiro atoms. The molecule has 0 amide bonds. The summed E-state index contributed by atoms with van der Waals surface area (Å²) in [6.07, 6.45) is 8.12. The van der Waals surface area contributed by atoms with Gasteiger partial charge in [-0.2, -0.15) is 0 Å². The first-order chi connectivity index (χ1) is 6.47. The van der Waals surface area contributed by atoms with Crippen molar-refractivity contribution in [3.05, 3.63) is 0 Å². The second kappa shape index (κ2) is 5.12. The van der Waals surface area contributed by atoms with Crippen LogP contribution in [0.2, 0.25) is 0 Å². The van der Waals surface area contributed by atoms with Crippen molar-refractivity contribution < 1.29 is 8.42 Å². The minimum atomic E-state index is -2.83. The summed E-state index contributed by atoms with van der Waals surface area (Å²) in [6.45, 7) is 0. The highest BCUT2D eigenvalue weighted by molar-refractivity contribution is 7.90. The van der Waals surface area contributed by atoms with E-state index in [1.807, 2.05) is 0 Å². The summed E-state index contributed by atoms with van der Waals surface area (Å²) in [4.78, 5) is 0. The number of hydrogen-bond acceptors (Lipinski definition) is 3. The summed E-state index contributed by atoms with van der Waals surface area (Å²) in [6, 6.07) is 0.0767. The SMILES string of the molecule is CS(=O)(=O)CCC(N)CC1CCCC1. The van der Waals surface area contributed by atoms with Crippen LogP contribution in [0.5, 0.6) is 0 Å². The molecule has 1 fully saturated rings. The number of nitrogens with two attached hydrogens (primary N) is 1. The molecule has 0 aliphatic heterocycles. The highest BCUT2D eigenvalue weighted by Crippen LogP contribution is 2.28. The zero-order chi connectivity index (χ0) is 10.6. The van der Waals surface area contributed by atoms with Gasteiger partial charge in [0.05, 0.1) is 5.75 Å². The fourth-order valence-electron chi connectivity index (χ4n) is 2.16. The van der Waals surface area contributed by atoms with E-state index in [-0.39, 0.29) is 11.8 Å². The molecule has 4 heteroatoms. The molecule has 84 valence electrons. The van der Waals surface area contributed by atoms with Crippen molar-refractivity contribution in [3.8, 4) is 0 Å². The summed E-state index contributed by atoms with van der Waals surface area (Å²) in [5, 5.41) is 0. The third-order valence-corrected chi connectivity index (χ3v) is 3.95. The second-order valence-corrected chi connectivity index (χ2v) is 6.82. The van der Waals surface area contributed by atoms with Gasteiger partial charge in [-0.15, -0.1) is 0 Å². The van der Waals surface area contributed by atoms with E-state index < -0.39 is 9.84 Å². The van der Waals surface area contributed by atoms with Gasteiger partial charge in [-0.3, -0.25) is 0 Å². The van der Waals surface area contributed by atoms with Gasteiger partial charge in [0.1, 0.15) is 9.84 Å². The predicted octanol–water partition coefficient (Wildman–Crippen LogP) is 1.33. The molecule has 0 radical (unpaired) electrons. The van der Waals surface area contributed by atoms with Crippen LogP contribution in [-0.2, 0) is 9.84 Å². The summed E-state index contributed by atoms with van der Waals surface area (Å²) in [7, 11) is -2.83. The molecule has 0 aromatic rings. The van der Waals surface area contributed by atoms with E-state index in [0.29, 0.717) is 6.42 Å². The van der Waals surface area contributed by atoms with Gasteiger partial charge >= 0.3 is 0 Å². The summed E-state index contributed by atoms with van der Waals surface area (Å²) >= 11 is 0. The topological polar surface area (TPSA) is 60.2 Å². The van der Waals surface area contributed by atoms with Gasteiger partial charge in [0.15, 0.2) is 0 Å². The van der Waals surface area contributed by atoms with Gasteiger partial charge < -0.3 is 5.73 Å². The van der Waals surface area contributed by atoms with Gasteiger partial charge in [0, 0.05) is 12.3 Å². The first-order valence-electron chi connectivity index (χ1n) is 5.40. The van der Waals surface area contributed by atoms with Crippen LogP contribution in [0.15, 0.2) is 0 Å². The molecule has 3 nitrogen and oxygen atoms in total. The Bertz CT molecular complexity index is 255. The van der Waals surface area contributed by atoms with Crippen molar-refractivity contribution in [3.63, 3.8) is 0 Å². The molecule has 0 aromatic heterocycles. The number of hydrogen-bond donors (Lipinski definition) is 1. The van der Waals surface area contributed by atoms with Crippen molar-refractivity contribution in [2.75, 3.05) is 12.0 Å². The molecule has 1 aliphatic carbocycles. The lowest BCUT2D eigenvalue weighted by Gasteiger charge is -2.15. The molecule has 0 saturated heterocycles. The zero-order valence-electron chi connectivity index (χ0n) is 8.91. The minimum absolute atomic E-state index is 0.0767. The molecule has 0 aromatic carbocycles. The van der Waals surface area contributed by atoms with Gasteiger partial charge in [-0.25, -0.2) is 8.42 Å². The fourth-order valence-corrected chi connectivity index (χ4v) is 2.89. The number of rotatable bonds is 5. The van der Waals surface area contributed by atoms with E-state index in [1.165, 1.54) is 31.9 Å². The minimum Gasteiger partial charge on any atom is -0.328 e. The molecule has 1 saturated carbocycles. The Kier molecular flexibility index (Phi) is 4.38. The lowest BCUT2D eigenvalue weighted by Crippen LogP contribution is -2.25. The Morgan fingerprint density at radius 3 is 2.43 bits per heavy atom. The predicted molar refractivity (Wildman–Crippen MR) is 58.9 cm³/mol. The molecule has 1 aliphatic rings. The molecule has 1 unspecified atom stereocenters. The van der Waals surface area contributed by atoms with Crippen molar-refractivity contribution >= 4 is 9.84 Å². The molecule has 14 heavy (non-hydrogen) atoms. The van der Waals surface area contributed by atoms with Gasteiger partial charge in [-0.05, 0) is 18.8 Å². The van der Waals surface area contributed by atoms with Crippen LogP contribution in [0, 0.1) is 5.92 Å². The van der Waals surface area contributed by atoms with Crippen LogP contribution >= 0.6 is 0 Å². The lowest BCUT2D eigenvalue weighted by molar-refractivity contribution is 0.435. The molecule has 0 heterocycles. The summed E-state index contributed by atoms with van der Waals surface area (Å²) in [5.74, 6) is 0.991.